The number of carbonyl (C=O) groups is 2. The Morgan fingerprint density at radius 3 is 1.48 bits per heavy atom. The quantitative estimate of drug-likeness (QED) is 0.0490. The van der Waals surface area contributed by atoms with E-state index in [0.29, 0.717) is 52.4 Å². The highest BCUT2D eigenvalue weighted by molar-refractivity contribution is 5.69. The van der Waals surface area contributed by atoms with Gasteiger partial charge in [0.05, 0.1) is 39.6 Å². The van der Waals surface area contributed by atoms with Crippen LogP contribution in [0.2, 0.25) is 0 Å². The molecule has 0 spiro atoms. The van der Waals surface area contributed by atoms with E-state index in [1.54, 1.807) is 0 Å². The van der Waals surface area contributed by atoms with E-state index in [4.69, 9.17) is 23.7 Å². The largest absolute Gasteiger partial charge is 0.463 e. The van der Waals surface area contributed by atoms with Gasteiger partial charge in [-0.3, -0.25) is 9.59 Å². The molecule has 0 atom stereocenters. The molecule has 0 aliphatic heterocycles. The molecular formula is C41H81NO8. The summed E-state index contributed by atoms with van der Waals surface area (Å²) in [6.07, 6.45) is 26.2. The van der Waals surface area contributed by atoms with Crippen molar-refractivity contribution in [1.29, 1.82) is 0 Å². The lowest BCUT2D eigenvalue weighted by molar-refractivity contribution is -0.150. The van der Waals surface area contributed by atoms with Crippen molar-refractivity contribution in [3.05, 3.63) is 0 Å². The predicted molar refractivity (Wildman–Crippen MR) is 205 cm³/mol. The Kier molecular flexibility index (Phi) is 39.5. The molecule has 0 aliphatic carbocycles. The van der Waals surface area contributed by atoms with E-state index in [1.165, 1.54) is 77.0 Å². The highest BCUT2D eigenvalue weighted by atomic mass is 16.6. The molecule has 0 aromatic rings. The van der Waals surface area contributed by atoms with Crippen molar-refractivity contribution in [3.8, 4) is 0 Å². The first kappa shape index (κ1) is 48.7. The highest BCUT2D eigenvalue weighted by Gasteiger charge is 2.14. The molecule has 0 fully saturated rings. The van der Waals surface area contributed by atoms with E-state index in [9.17, 15) is 14.7 Å². The topological polar surface area (TPSA) is 104 Å². The normalized spacial score (nSPS) is 11.6. The van der Waals surface area contributed by atoms with Crippen molar-refractivity contribution in [1.82, 2.24) is 4.90 Å². The number of hydrogen-bond acceptors (Lipinski definition) is 9. The fourth-order valence-electron chi connectivity index (χ4n) is 6.00. The lowest BCUT2D eigenvalue weighted by atomic mass is 10.0. The summed E-state index contributed by atoms with van der Waals surface area (Å²) in [6, 6.07) is 0. The van der Waals surface area contributed by atoms with Gasteiger partial charge < -0.3 is 33.7 Å². The second-order valence-electron chi connectivity index (χ2n) is 13.8. The zero-order valence-corrected chi connectivity index (χ0v) is 33.1. The van der Waals surface area contributed by atoms with Crippen LogP contribution in [0.5, 0.6) is 0 Å². The van der Waals surface area contributed by atoms with Crippen LogP contribution >= 0.6 is 0 Å². The van der Waals surface area contributed by atoms with Crippen molar-refractivity contribution in [3.63, 3.8) is 0 Å². The standard InChI is InChI=1S/C41H81NO8/c1-4-7-9-11-14-18-24-39(25-19-15-12-10-8-5-2)50-41(45)27-20-16-13-17-22-28-42(30-31-43)29-23-21-26-40(44)49-38-37-48-36-35-47-34-33-46-32-6-3/h39,43H,4-38H2,1-3H3. The van der Waals surface area contributed by atoms with Crippen LogP contribution in [-0.4, -0.2) is 101 Å². The van der Waals surface area contributed by atoms with Gasteiger partial charge in [0.1, 0.15) is 12.7 Å². The minimum absolute atomic E-state index is 0.0107. The highest BCUT2D eigenvalue weighted by Crippen LogP contribution is 2.18. The maximum absolute atomic E-state index is 12.7. The third kappa shape index (κ3) is 36.5. The monoisotopic (exact) mass is 716 g/mol. The first-order valence-corrected chi connectivity index (χ1v) is 21.0. The minimum atomic E-state index is -0.193. The smallest absolute Gasteiger partial charge is 0.306 e. The SMILES string of the molecule is CCCCCCCCC(CCCCCCCC)OC(=O)CCCCCCCN(CCO)CCCCC(=O)OCCOCCOCCOCCC. The van der Waals surface area contributed by atoms with Gasteiger partial charge in [0.25, 0.3) is 0 Å². The Balaban J connectivity index is 3.96. The third-order valence-electron chi connectivity index (χ3n) is 9.02. The fourth-order valence-corrected chi connectivity index (χ4v) is 6.00. The molecule has 0 aromatic heterocycles. The number of carbonyl (C=O) groups excluding carboxylic acids is 2. The van der Waals surface area contributed by atoms with Crippen LogP contribution in [0.25, 0.3) is 0 Å². The lowest BCUT2D eigenvalue weighted by Gasteiger charge is -2.21. The molecule has 0 saturated carbocycles. The lowest BCUT2D eigenvalue weighted by Crippen LogP contribution is -2.29. The van der Waals surface area contributed by atoms with E-state index in [0.717, 1.165) is 83.9 Å². The number of aliphatic hydroxyl groups is 1. The average Bonchev–Trinajstić information content (AvgIpc) is 3.11. The molecule has 0 rings (SSSR count). The summed E-state index contributed by atoms with van der Waals surface area (Å²) in [5.41, 5.74) is 0. The van der Waals surface area contributed by atoms with E-state index in [2.05, 4.69) is 25.7 Å². The summed E-state index contributed by atoms with van der Waals surface area (Å²) >= 11 is 0. The zero-order chi connectivity index (χ0) is 36.6. The molecule has 0 heterocycles. The summed E-state index contributed by atoms with van der Waals surface area (Å²) in [5, 5.41) is 9.50. The van der Waals surface area contributed by atoms with Gasteiger partial charge in [-0.15, -0.1) is 0 Å². The number of hydrogen-bond donors (Lipinski definition) is 1. The summed E-state index contributed by atoms with van der Waals surface area (Å²) in [7, 11) is 0. The van der Waals surface area contributed by atoms with Gasteiger partial charge in [0.2, 0.25) is 0 Å². The maximum Gasteiger partial charge on any atom is 0.306 e. The molecular weight excluding hydrogens is 634 g/mol. The van der Waals surface area contributed by atoms with Gasteiger partial charge in [-0.2, -0.15) is 0 Å². The van der Waals surface area contributed by atoms with Gasteiger partial charge >= 0.3 is 11.9 Å². The van der Waals surface area contributed by atoms with Gasteiger partial charge in [0, 0.05) is 26.0 Å². The van der Waals surface area contributed by atoms with Crippen LogP contribution in [0.4, 0.5) is 0 Å². The Morgan fingerprint density at radius 2 is 0.920 bits per heavy atom. The Morgan fingerprint density at radius 1 is 0.480 bits per heavy atom. The zero-order valence-electron chi connectivity index (χ0n) is 33.1. The fraction of sp³-hybridized carbons (Fsp3) is 0.951. The predicted octanol–water partition coefficient (Wildman–Crippen LogP) is 9.21. The van der Waals surface area contributed by atoms with Gasteiger partial charge in [-0.25, -0.2) is 0 Å². The number of aliphatic hydroxyl groups excluding tert-OH is 1. The van der Waals surface area contributed by atoms with Crippen molar-refractivity contribution in [2.45, 2.75) is 181 Å². The third-order valence-corrected chi connectivity index (χ3v) is 9.02. The minimum Gasteiger partial charge on any atom is -0.463 e. The second kappa shape index (κ2) is 40.5. The number of unbranched alkanes of at least 4 members (excludes halogenated alkanes) is 15. The first-order chi connectivity index (χ1) is 24.6. The summed E-state index contributed by atoms with van der Waals surface area (Å²) < 4.78 is 27.5. The number of nitrogens with zero attached hydrogens (tertiary/aromatic N) is 1. The van der Waals surface area contributed by atoms with Gasteiger partial charge in [0.15, 0.2) is 0 Å². The van der Waals surface area contributed by atoms with Crippen LogP contribution < -0.4 is 0 Å². The Bertz CT molecular complexity index is 694. The molecule has 9 heteroatoms. The number of esters is 2. The van der Waals surface area contributed by atoms with E-state index in [-0.39, 0.29) is 31.3 Å². The summed E-state index contributed by atoms with van der Waals surface area (Å²) in [4.78, 5) is 27.0. The molecule has 0 saturated heterocycles. The summed E-state index contributed by atoms with van der Waals surface area (Å²) in [6.45, 7) is 12.7. The second-order valence-corrected chi connectivity index (χ2v) is 13.8. The number of rotatable bonds is 41. The maximum atomic E-state index is 12.7. The molecule has 0 aliphatic rings. The van der Waals surface area contributed by atoms with Crippen LogP contribution in [0, 0.1) is 0 Å². The van der Waals surface area contributed by atoms with Crippen molar-refractivity contribution < 1.29 is 38.4 Å². The van der Waals surface area contributed by atoms with Crippen molar-refractivity contribution in [2.24, 2.45) is 0 Å². The van der Waals surface area contributed by atoms with Crippen LogP contribution in [0.1, 0.15) is 175 Å². The molecule has 0 aromatic carbocycles. The van der Waals surface area contributed by atoms with Crippen LogP contribution in [-0.2, 0) is 33.3 Å². The van der Waals surface area contributed by atoms with Gasteiger partial charge in [-0.1, -0.05) is 104 Å². The molecule has 0 unspecified atom stereocenters. The van der Waals surface area contributed by atoms with Crippen molar-refractivity contribution in [2.75, 3.05) is 72.5 Å². The molecule has 298 valence electrons. The van der Waals surface area contributed by atoms with Crippen LogP contribution in [0.15, 0.2) is 0 Å². The summed E-state index contributed by atoms with van der Waals surface area (Å²) in [5.74, 6) is -0.204. The molecule has 0 radical (unpaired) electrons. The average molecular weight is 716 g/mol. The van der Waals surface area contributed by atoms with Gasteiger partial charge in [-0.05, 0) is 70.9 Å². The van der Waals surface area contributed by atoms with E-state index in [1.807, 2.05) is 0 Å². The molecule has 0 amide bonds. The molecule has 9 nitrogen and oxygen atoms in total. The Labute approximate surface area is 308 Å². The first-order valence-electron chi connectivity index (χ1n) is 21.0. The number of ether oxygens (including phenoxy) is 5. The van der Waals surface area contributed by atoms with E-state index >= 15 is 0 Å². The Hall–Kier alpha value is -1.26. The van der Waals surface area contributed by atoms with Crippen molar-refractivity contribution >= 4 is 11.9 Å². The van der Waals surface area contributed by atoms with Crippen LogP contribution in [0.3, 0.4) is 0 Å². The molecule has 1 N–H and O–H groups in total. The molecule has 50 heavy (non-hydrogen) atoms. The van der Waals surface area contributed by atoms with E-state index < -0.39 is 0 Å². The molecule has 0 bridgehead atoms.